The van der Waals surface area contributed by atoms with Crippen molar-refractivity contribution in [3.8, 4) is 0 Å². The molecule has 1 aromatic carbocycles. The fourth-order valence-corrected chi connectivity index (χ4v) is 1.63. The van der Waals surface area contributed by atoms with Crippen molar-refractivity contribution in [2.24, 2.45) is 5.92 Å². The minimum absolute atomic E-state index is 0.649. The molecule has 68 valence electrons. The Balaban J connectivity index is 2.18. The molecule has 0 N–H and O–H groups in total. The molecule has 0 bridgehead atoms. The highest BCUT2D eigenvalue weighted by molar-refractivity contribution is 6.30. The molecule has 0 amide bonds. The lowest BCUT2D eigenvalue weighted by molar-refractivity contribution is 0.764. The predicted molar refractivity (Wildman–Crippen MR) is 57.1 cm³/mol. The summed E-state index contributed by atoms with van der Waals surface area (Å²) in [6.45, 7) is 3.29. The lowest BCUT2D eigenvalue weighted by Gasteiger charge is -2.16. The van der Waals surface area contributed by atoms with Crippen molar-refractivity contribution in [1.29, 1.82) is 0 Å². The zero-order valence-electron chi connectivity index (χ0n) is 7.57. The molecule has 1 aliphatic rings. The van der Waals surface area contributed by atoms with Crippen molar-refractivity contribution in [3.05, 3.63) is 41.6 Å². The van der Waals surface area contributed by atoms with E-state index in [0.717, 1.165) is 11.6 Å². The van der Waals surface area contributed by atoms with Gasteiger partial charge in [-0.2, -0.15) is 0 Å². The molecule has 1 nitrogen and oxygen atoms in total. The molecule has 0 saturated heterocycles. The van der Waals surface area contributed by atoms with E-state index in [4.69, 9.17) is 11.6 Å². The van der Waals surface area contributed by atoms with E-state index in [9.17, 15) is 0 Å². The van der Waals surface area contributed by atoms with Crippen LogP contribution in [0.25, 0.3) is 0 Å². The monoisotopic (exact) mass is 193 g/mol. The van der Waals surface area contributed by atoms with Crippen molar-refractivity contribution in [2.45, 2.75) is 6.92 Å². The van der Waals surface area contributed by atoms with Gasteiger partial charge in [0.15, 0.2) is 0 Å². The normalized spacial score (nSPS) is 21.1. The summed E-state index contributed by atoms with van der Waals surface area (Å²) in [5, 5.41) is 0.792. The number of hydrogen-bond donors (Lipinski definition) is 0. The fourth-order valence-electron chi connectivity index (χ4n) is 1.51. The van der Waals surface area contributed by atoms with Gasteiger partial charge in [-0.05, 0) is 30.2 Å². The van der Waals surface area contributed by atoms with Gasteiger partial charge in [-0.1, -0.05) is 24.6 Å². The van der Waals surface area contributed by atoms with Crippen LogP contribution in [0.5, 0.6) is 0 Å². The molecule has 1 aromatic rings. The van der Waals surface area contributed by atoms with Gasteiger partial charge in [0.05, 0.1) is 0 Å². The molecule has 0 aromatic heterocycles. The third-order valence-corrected chi connectivity index (χ3v) is 2.49. The summed E-state index contributed by atoms with van der Waals surface area (Å²) < 4.78 is 0. The standard InChI is InChI=1S/C11H12ClN/c1-9-6-7-13(8-9)11-4-2-10(12)3-5-11/h2-7,9H,8H2,1H3. The van der Waals surface area contributed by atoms with Crippen LogP contribution in [0.2, 0.25) is 5.02 Å². The van der Waals surface area contributed by atoms with Gasteiger partial charge in [-0.15, -0.1) is 0 Å². The summed E-state index contributed by atoms with van der Waals surface area (Å²) in [6.07, 6.45) is 4.35. The van der Waals surface area contributed by atoms with E-state index in [0.29, 0.717) is 5.92 Å². The summed E-state index contributed by atoms with van der Waals surface area (Å²) >= 11 is 5.81. The van der Waals surface area contributed by atoms with E-state index in [1.54, 1.807) is 0 Å². The first-order valence-electron chi connectivity index (χ1n) is 4.46. The molecule has 2 rings (SSSR count). The Labute approximate surface area is 83.6 Å². The largest absolute Gasteiger partial charge is 0.348 e. The molecule has 1 heterocycles. The lowest BCUT2D eigenvalue weighted by Crippen LogP contribution is -2.15. The smallest absolute Gasteiger partial charge is 0.0407 e. The van der Waals surface area contributed by atoms with Crippen molar-refractivity contribution >= 4 is 17.3 Å². The molecule has 1 aliphatic heterocycles. The third kappa shape index (κ3) is 1.86. The number of halogens is 1. The minimum atomic E-state index is 0.649. The van der Waals surface area contributed by atoms with Crippen LogP contribution in [-0.2, 0) is 0 Å². The molecular weight excluding hydrogens is 182 g/mol. The van der Waals surface area contributed by atoms with Crippen molar-refractivity contribution in [1.82, 2.24) is 0 Å². The second-order valence-corrected chi connectivity index (χ2v) is 3.88. The third-order valence-electron chi connectivity index (χ3n) is 2.24. The van der Waals surface area contributed by atoms with Gasteiger partial charge in [0.25, 0.3) is 0 Å². The molecule has 0 radical (unpaired) electrons. The van der Waals surface area contributed by atoms with Crippen LogP contribution in [0.3, 0.4) is 0 Å². The molecule has 0 saturated carbocycles. The Morgan fingerprint density at radius 2 is 2.00 bits per heavy atom. The van der Waals surface area contributed by atoms with Crippen LogP contribution in [0.4, 0.5) is 5.69 Å². The van der Waals surface area contributed by atoms with Gasteiger partial charge in [0.2, 0.25) is 0 Å². The Kier molecular flexibility index (Phi) is 2.28. The minimum Gasteiger partial charge on any atom is -0.348 e. The van der Waals surface area contributed by atoms with Crippen LogP contribution in [0.15, 0.2) is 36.5 Å². The molecule has 0 fully saturated rings. The van der Waals surface area contributed by atoms with E-state index in [1.165, 1.54) is 5.69 Å². The van der Waals surface area contributed by atoms with Crippen molar-refractivity contribution < 1.29 is 0 Å². The highest BCUT2D eigenvalue weighted by Gasteiger charge is 2.12. The number of rotatable bonds is 1. The summed E-state index contributed by atoms with van der Waals surface area (Å²) in [6, 6.07) is 7.94. The predicted octanol–water partition coefficient (Wildman–Crippen LogP) is 3.31. The quantitative estimate of drug-likeness (QED) is 0.662. The zero-order chi connectivity index (χ0) is 9.26. The molecule has 0 aliphatic carbocycles. The van der Waals surface area contributed by atoms with E-state index in [-0.39, 0.29) is 0 Å². The molecule has 1 atom stereocenters. The van der Waals surface area contributed by atoms with Gasteiger partial charge in [-0.25, -0.2) is 0 Å². The lowest BCUT2D eigenvalue weighted by atomic mass is 10.2. The molecule has 13 heavy (non-hydrogen) atoms. The summed E-state index contributed by atoms with van der Waals surface area (Å²) in [7, 11) is 0. The van der Waals surface area contributed by atoms with Crippen LogP contribution >= 0.6 is 11.6 Å². The van der Waals surface area contributed by atoms with Crippen LogP contribution in [0.1, 0.15) is 6.92 Å². The Morgan fingerprint density at radius 3 is 2.54 bits per heavy atom. The van der Waals surface area contributed by atoms with Crippen LogP contribution in [-0.4, -0.2) is 6.54 Å². The maximum atomic E-state index is 5.81. The average molecular weight is 194 g/mol. The van der Waals surface area contributed by atoms with Gasteiger partial charge >= 0.3 is 0 Å². The summed E-state index contributed by atoms with van der Waals surface area (Å²) in [5.74, 6) is 0.649. The first kappa shape index (κ1) is 8.64. The maximum absolute atomic E-state index is 5.81. The van der Waals surface area contributed by atoms with E-state index in [2.05, 4.69) is 24.1 Å². The highest BCUT2D eigenvalue weighted by atomic mass is 35.5. The number of anilines is 1. The highest BCUT2D eigenvalue weighted by Crippen LogP contribution is 2.22. The number of hydrogen-bond acceptors (Lipinski definition) is 1. The SMILES string of the molecule is CC1C=CN(c2ccc(Cl)cc2)C1. The molecule has 1 unspecified atom stereocenters. The first-order chi connectivity index (χ1) is 6.25. The molecular formula is C11H12ClN. The average Bonchev–Trinajstić information content (AvgIpc) is 2.53. The van der Waals surface area contributed by atoms with Crippen molar-refractivity contribution in [2.75, 3.05) is 11.4 Å². The van der Waals surface area contributed by atoms with E-state index < -0.39 is 0 Å². The second-order valence-electron chi connectivity index (χ2n) is 3.45. The topological polar surface area (TPSA) is 3.24 Å². The van der Waals surface area contributed by atoms with Gasteiger partial charge in [-0.3, -0.25) is 0 Å². The van der Waals surface area contributed by atoms with Crippen LogP contribution < -0.4 is 4.90 Å². The second kappa shape index (κ2) is 3.43. The Bertz CT molecular complexity index is 315. The van der Waals surface area contributed by atoms with Gasteiger partial charge in [0.1, 0.15) is 0 Å². The Hall–Kier alpha value is -0.950. The molecule has 2 heteroatoms. The fraction of sp³-hybridized carbons (Fsp3) is 0.273. The number of benzene rings is 1. The van der Waals surface area contributed by atoms with Gasteiger partial charge < -0.3 is 4.90 Å². The van der Waals surface area contributed by atoms with E-state index >= 15 is 0 Å². The Morgan fingerprint density at radius 1 is 1.31 bits per heavy atom. The van der Waals surface area contributed by atoms with E-state index in [1.807, 2.05) is 24.3 Å². The van der Waals surface area contributed by atoms with Crippen LogP contribution in [0, 0.1) is 5.92 Å². The summed E-state index contributed by atoms with van der Waals surface area (Å²) in [5.41, 5.74) is 1.21. The summed E-state index contributed by atoms with van der Waals surface area (Å²) in [4.78, 5) is 2.24. The maximum Gasteiger partial charge on any atom is 0.0407 e. The first-order valence-corrected chi connectivity index (χ1v) is 4.84. The van der Waals surface area contributed by atoms with Crippen molar-refractivity contribution in [3.63, 3.8) is 0 Å². The zero-order valence-corrected chi connectivity index (χ0v) is 8.33. The van der Waals surface area contributed by atoms with Gasteiger partial charge in [0, 0.05) is 23.5 Å². The molecule has 0 spiro atoms. The number of nitrogens with zero attached hydrogens (tertiary/aromatic N) is 1.